The van der Waals surface area contributed by atoms with Crippen LogP contribution in [0.3, 0.4) is 0 Å². The molecule has 0 unspecified atom stereocenters. The van der Waals surface area contributed by atoms with Gasteiger partial charge in [0.2, 0.25) is 10.0 Å². The molecule has 0 fully saturated rings. The number of benzene rings is 1. The van der Waals surface area contributed by atoms with E-state index in [1.807, 2.05) is 23.6 Å². The Morgan fingerprint density at radius 1 is 1.11 bits per heavy atom. The molecule has 2 heterocycles. The number of hydrogen-bond donors (Lipinski definition) is 1. The normalized spacial score (nSPS) is 11.4. The summed E-state index contributed by atoms with van der Waals surface area (Å²) in [4.78, 5) is 15.9. The van der Waals surface area contributed by atoms with Gasteiger partial charge in [-0.3, -0.25) is 4.79 Å². The minimum atomic E-state index is -3.54. The van der Waals surface area contributed by atoms with Crippen LogP contribution in [-0.2, 0) is 23.1 Å². The summed E-state index contributed by atoms with van der Waals surface area (Å²) in [7, 11) is -3.54. The van der Waals surface area contributed by atoms with Crippen molar-refractivity contribution < 1.29 is 17.6 Å². The van der Waals surface area contributed by atoms with Crippen LogP contribution in [0.2, 0.25) is 0 Å². The number of amides is 1. The minimum absolute atomic E-state index is 0.136. The third-order valence-electron chi connectivity index (χ3n) is 3.89. The van der Waals surface area contributed by atoms with E-state index in [1.165, 1.54) is 24.3 Å². The van der Waals surface area contributed by atoms with Crippen LogP contribution in [0, 0.1) is 0 Å². The lowest BCUT2D eigenvalue weighted by molar-refractivity contribution is 0.0719. The summed E-state index contributed by atoms with van der Waals surface area (Å²) < 4.78 is 31.9. The molecule has 2 aromatic heterocycles. The zero-order chi connectivity index (χ0) is 19.3. The van der Waals surface area contributed by atoms with Crippen LogP contribution >= 0.6 is 11.3 Å². The molecule has 8 heteroatoms. The molecule has 0 aliphatic rings. The van der Waals surface area contributed by atoms with Crippen molar-refractivity contribution in [3.05, 3.63) is 76.4 Å². The first-order valence-corrected chi connectivity index (χ1v) is 10.8. The number of sulfonamides is 1. The fourth-order valence-corrected chi connectivity index (χ4v) is 4.37. The molecular weight excluding hydrogens is 384 g/mol. The van der Waals surface area contributed by atoms with Crippen molar-refractivity contribution in [1.82, 2.24) is 9.62 Å². The molecule has 0 saturated carbocycles. The van der Waals surface area contributed by atoms with Gasteiger partial charge in [0.1, 0.15) is 5.76 Å². The molecule has 0 bridgehead atoms. The Morgan fingerprint density at radius 2 is 1.89 bits per heavy atom. The number of furan rings is 1. The first kappa shape index (κ1) is 19.3. The Bertz CT molecular complexity index is 927. The molecule has 27 heavy (non-hydrogen) atoms. The van der Waals surface area contributed by atoms with Gasteiger partial charge in [0, 0.05) is 17.0 Å². The maximum absolute atomic E-state index is 13.0. The lowest BCUT2D eigenvalue weighted by Crippen LogP contribution is -2.30. The SMILES string of the molecule is CCNS(=O)(=O)c1ccc(C(=O)N(Cc2ccco2)Cc2cccs2)cc1. The standard InChI is InChI=1S/C19H20N2O4S2/c1-2-20-27(23,24)18-9-7-15(8-10-18)19(22)21(13-16-5-3-11-25-16)14-17-6-4-12-26-17/h3-12,20H,2,13-14H2,1H3. The highest BCUT2D eigenvalue weighted by Gasteiger charge is 2.20. The summed E-state index contributed by atoms with van der Waals surface area (Å²) in [6, 6.07) is 13.5. The molecule has 6 nitrogen and oxygen atoms in total. The second-order valence-corrected chi connectivity index (χ2v) is 8.64. The quantitative estimate of drug-likeness (QED) is 0.623. The Balaban J connectivity index is 1.82. The molecule has 142 valence electrons. The molecule has 1 aromatic carbocycles. The summed E-state index contributed by atoms with van der Waals surface area (Å²) in [5.41, 5.74) is 0.425. The summed E-state index contributed by atoms with van der Waals surface area (Å²) in [6.07, 6.45) is 1.57. The Kier molecular flexibility index (Phi) is 6.10. The van der Waals surface area contributed by atoms with Crippen molar-refractivity contribution in [2.45, 2.75) is 24.9 Å². The van der Waals surface area contributed by atoms with Gasteiger partial charge in [-0.15, -0.1) is 11.3 Å². The number of thiophene rings is 1. The van der Waals surface area contributed by atoms with Crippen molar-refractivity contribution in [1.29, 1.82) is 0 Å². The summed E-state index contributed by atoms with van der Waals surface area (Å²) >= 11 is 1.58. The molecular formula is C19H20N2O4S2. The second-order valence-electron chi connectivity index (χ2n) is 5.85. The van der Waals surface area contributed by atoms with Crippen molar-refractivity contribution in [3.63, 3.8) is 0 Å². The molecule has 0 aliphatic heterocycles. The lowest BCUT2D eigenvalue weighted by Gasteiger charge is -2.21. The molecule has 0 spiro atoms. The number of carbonyl (C=O) groups excluding carboxylic acids is 1. The van der Waals surface area contributed by atoms with E-state index in [0.717, 1.165) is 4.88 Å². The van der Waals surface area contributed by atoms with E-state index in [9.17, 15) is 13.2 Å². The van der Waals surface area contributed by atoms with E-state index in [4.69, 9.17) is 4.42 Å². The van der Waals surface area contributed by atoms with E-state index >= 15 is 0 Å². The van der Waals surface area contributed by atoms with Crippen molar-refractivity contribution in [2.24, 2.45) is 0 Å². The fraction of sp³-hybridized carbons (Fsp3) is 0.211. The van der Waals surface area contributed by atoms with E-state index < -0.39 is 10.0 Å². The first-order chi connectivity index (χ1) is 13.0. The van der Waals surface area contributed by atoms with Crippen LogP contribution in [0.1, 0.15) is 27.9 Å². The average molecular weight is 405 g/mol. The molecule has 1 N–H and O–H groups in total. The van der Waals surface area contributed by atoms with Gasteiger partial charge in [0.05, 0.1) is 24.2 Å². The van der Waals surface area contributed by atoms with Crippen molar-refractivity contribution in [3.8, 4) is 0 Å². The van der Waals surface area contributed by atoms with Gasteiger partial charge in [-0.2, -0.15) is 0 Å². The van der Waals surface area contributed by atoms with Crippen LogP contribution < -0.4 is 4.72 Å². The zero-order valence-electron chi connectivity index (χ0n) is 14.8. The van der Waals surface area contributed by atoms with Crippen LogP contribution in [-0.4, -0.2) is 25.8 Å². The number of hydrogen-bond acceptors (Lipinski definition) is 5. The Labute approximate surface area is 162 Å². The molecule has 1 amide bonds. The van der Waals surface area contributed by atoms with Crippen molar-refractivity contribution >= 4 is 27.3 Å². The molecule has 3 rings (SSSR count). The smallest absolute Gasteiger partial charge is 0.254 e. The van der Waals surface area contributed by atoms with Crippen LogP contribution in [0.25, 0.3) is 0 Å². The maximum Gasteiger partial charge on any atom is 0.254 e. The monoisotopic (exact) mass is 404 g/mol. The highest BCUT2D eigenvalue weighted by atomic mass is 32.2. The largest absolute Gasteiger partial charge is 0.467 e. The lowest BCUT2D eigenvalue weighted by atomic mass is 10.2. The Morgan fingerprint density at radius 3 is 2.48 bits per heavy atom. The predicted molar refractivity (Wildman–Crippen MR) is 104 cm³/mol. The minimum Gasteiger partial charge on any atom is -0.467 e. The zero-order valence-corrected chi connectivity index (χ0v) is 16.4. The van der Waals surface area contributed by atoms with Gasteiger partial charge in [-0.1, -0.05) is 13.0 Å². The van der Waals surface area contributed by atoms with Crippen molar-refractivity contribution in [2.75, 3.05) is 6.54 Å². The highest BCUT2D eigenvalue weighted by molar-refractivity contribution is 7.89. The van der Waals surface area contributed by atoms with Crippen LogP contribution in [0.4, 0.5) is 0 Å². The van der Waals surface area contributed by atoms with Gasteiger partial charge >= 0.3 is 0 Å². The second kappa shape index (κ2) is 8.51. The van der Waals surface area contributed by atoms with Gasteiger partial charge in [-0.05, 0) is 47.8 Å². The third-order valence-corrected chi connectivity index (χ3v) is 6.31. The third kappa shape index (κ3) is 4.85. The summed E-state index contributed by atoms with van der Waals surface area (Å²) in [5, 5.41) is 1.96. The van der Waals surface area contributed by atoms with E-state index in [1.54, 1.807) is 35.5 Å². The topological polar surface area (TPSA) is 79.6 Å². The van der Waals surface area contributed by atoms with Gasteiger partial charge in [-0.25, -0.2) is 13.1 Å². The molecule has 0 atom stereocenters. The molecule has 0 saturated heterocycles. The molecule has 3 aromatic rings. The first-order valence-electron chi connectivity index (χ1n) is 8.43. The highest BCUT2D eigenvalue weighted by Crippen LogP contribution is 2.19. The van der Waals surface area contributed by atoms with E-state index in [-0.39, 0.29) is 10.8 Å². The maximum atomic E-state index is 13.0. The predicted octanol–water partition coefficient (Wildman–Crippen LogP) is 3.48. The van der Waals surface area contributed by atoms with Gasteiger partial charge in [0.15, 0.2) is 0 Å². The van der Waals surface area contributed by atoms with Crippen LogP contribution in [0.15, 0.2) is 69.5 Å². The number of rotatable bonds is 8. The number of nitrogens with zero attached hydrogens (tertiary/aromatic N) is 1. The number of nitrogens with one attached hydrogen (secondary N) is 1. The molecule has 0 aliphatic carbocycles. The van der Waals surface area contributed by atoms with E-state index in [0.29, 0.717) is 31.0 Å². The number of carbonyl (C=O) groups is 1. The summed E-state index contributed by atoms with van der Waals surface area (Å²) in [6.45, 7) is 2.81. The molecule has 0 radical (unpaired) electrons. The Hall–Kier alpha value is -2.42. The van der Waals surface area contributed by atoms with Gasteiger partial charge in [0.25, 0.3) is 5.91 Å². The fourth-order valence-electron chi connectivity index (χ4n) is 2.61. The van der Waals surface area contributed by atoms with Gasteiger partial charge < -0.3 is 9.32 Å². The van der Waals surface area contributed by atoms with E-state index in [2.05, 4.69) is 4.72 Å². The average Bonchev–Trinajstić information content (AvgIpc) is 3.35. The van der Waals surface area contributed by atoms with Crippen LogP contribution in [0.5, 0.6) is 0 Å². The summed E-state index contributed by atoms with van der Waals surface area (Å²) in [5.74, 6) is 0.499.